The number of nitrogens with zero attached hydrogens (tertiary/aromatic N) is 1. The molecule has 1 amide bonds. The number of halogens is 1. The summed E-state index contributed by atoms with van der Waals surface area (Å²) in [5.41, 5.74) is 1.68. The Balaban J connectivity index is 1.30. The first-order chi connectivity index (χ1) is 16.1. The lowest BCUT2D eigenvalue weighted by Gasteiger charge is -2.22. The zero-order valence-electron chi connectivity index (χ0n) is 18.0. The molecule has 3 aromatic rings. The molecule has 6 nitrogen and oxygen atoms in total. The van der Waals surface area contributed by atoms with Crippen LogP contribution >= 0.6 is 11.6 Å². The first-order valence-electron chi connectivity index (χ1n) is 10.7. The third-order valence-electron chi connectivity index (χ3n) is 5.29. The van der Waals surface area contributed by atoms with Crippen molar-refractivity contribution in [1.29, 1.82) is 0 Å². The van der Waals surface area contributed by atoms with Gasteiger partial charge < -0.3 is 14.2 Å². The van der Waals surface area contributed by atoms with Crippen LogP contribution in [0.25, 0.3) is 0 Å². The van der Waals surface area contributed by atoms with Gasteiger partial charge >= 0.3 is 12.1 Å². The number of hydrogen-bond donors (Lipinski definition) is 0. The molecule has 0 N–H and O–H groups in total. The SMILES string of the molecule is O=C(OCc1ccccc1)C1CCCN1C(=O)OCc1cccc(Oc2ccc(Cl)cc2)c1. The first-order valence-corrected chi connectivity index (χ1v) is 11.1. The van der Waals surface area contributed by atoms with Crippen LogP contribution in [-0.2, 0) is 27.5 Å². The Kier molecular flexibility index (Phi) is 7.47. The molecule has 4 rings (SSSR count). The molecule has 0 aromatic heterocycles. The number of rotatable bonds is 7. The minimum Gasteiger partial charge on any atom is -0.459 e. The van der Waals surface area contributed by atoms with Gasteiger partial charge in [0.15, 0.2) is 0 Å². The van der Waals surface area contributed by atoms with Crippen LogP contribution in [0.5, 0.6) is 11.5 Å². The lowest BCUT2D eigenvalue weighted by Crippen LogP contribution is -2.41. The lowest BCUT2D eigenvalue weighted by molar-refractivity contribution is -0.149. The smallest absolute Gasteiger partial charge is 0.410 e. The summed E-state index contributed by atoms with van der Waals surface area (Å²) in [6.45, 7) is 0.710. The molecule has 0 spiro atoms. The van der Waals surface area contributed by atoms with Crippen LogP contribution in [0.15, 0.2) is 78.9 Å². The van der Waals surface area contributed by atoms with Crippen LogP contribution in [-0.4, -0.2) is 29.5 Å². The summed E-state index contributed by atoms with van der Waals surface area (Å²) in [5, 5.41) is 0.632. The van der Waals surface area contributed by atoms with Crippen LogP contribution in [0.1, 0.15) is 24.0 Å². The van der Waals surface area contributed by atoms with Gasteiger partial charge in [-0.1, -0.05) is 54.1 Å². The van der Waals surface area contributed by atoms with E-state index in [1.54, 1.807) is 30.3 Å². The maximum absolute atomic E-state index is 12.7. The van der Waals surface area contributed by atoms with Crippen LogP contribution in [0, 0.1) is 0 Å². The molecule has 0 bridgehead atoms. The standard InChI is InChI=1S/C26H24ClNO5/c27-21-11-13-22(14-12-21)33-23-9-4-8-20(16-23)18-32-26(30)28-15-5-10-24(28)25(29)31-17-19-6-2-1-3-7-19/h1-4,6-9,11-14,16,24H,5,10,15,17-18H2. The summed E-state index contributed by atoms with van der Waals surface area (Å²) in [5.74, 6) is 0.864. The van der Waals surface area contributed by atoms with Crippen molar-refractivity contribution in [2.45, 2.75) is 32.1 Å². The molecule has 1 aliphatic rings. The molecule has 7 heteroatoms. The van der Waals surface area contributed by atoms with E-state index in [0.717, 1.165) is 17.5 Å². The molecule has 170 valence electrons. The van der Waals surface area contributed by atoms with E-state index in [1.165, 1.54) is 4.90 Å². The number of carbonyl (C=O) groups is 2. The number of carbonyl (C=O) groups excluding carboxylic acids is 2. The van der Waals surface area contributed by atoms with Crippen molar-refractivity contribution in [3.05, 3.63) is 95.0 Å². The van der Waals surface area contributed by atoms with Gasteiger partial charge in [0, 0.05) is 11.6 Å². The second kappa shape index (κ2) is 10.9. The molecule has 33 heavy (non-hydrogen) atoms. The van der Waals surface area contributed by atoms with Crippen LogP contribution in [0.4, 0.5) is 4.79 Å². The highest BCUT2D eigenvalue weighted by atomic mass is 35.5. The fourth-order valence-electron chi connectivity index (χ4n) is 3.62. The number of ether oxygens (including phenoxy) is 3. The van der Waals surface area contributed by atoms with Gasteiger partial charge in [0.05, 0.1) is 0 Å². The highest BCUT2D eigenvalue weighted by Gasteiger charge is 2.36. The Morgan fingerprint density at radius 2 is 1.58 bits per heavy atom. The van der Waals surface area contributed by atoms with E-state index in [0.29, 0.717) is 29.5 Å². The highest BCUT2D eigenvalue weighted by molar-refractivity contribution is 6.30. The Morgan fingerprint density at radius 3 is 2.36 bits per heavy atom. The molecule has 0 aliphatic carbocycles. The van der Waals surface area contributed by atoms with Crippen LogP contribution < -0.4 is 4.74 Å². The van der Waals surface area contributed by atoms with Gasteiger partial charge in [0.25, 0.3) is 0 Å². The van der Waals surface area contributed by atoms with E-state index in [9.17, 15) is 9.59 Å². The van der Waals surface area contributed by atoms with E-state index in [1.807, 2.05) is 48.5 Å². The predicted molar refractivity (Wildman–Crippen MR) is 124 cm³/mol. The average Bonchev–Trinajstić information content (AvgIpc) is 3.34. The maximum Gasteiger partial charge on any atom is 0.410 e. The molecule has 3 aromatic carbocycles. The van der Waals surface area contributed by atoms with E-state index in [-0.39, 0.29) is 13.2 Å². The van der Waals surface area contributed by atoms with Crippen molar-refractivity contribution in [3.8, 4) is 11.5 Å². The second-order valence-corrected chi connectivity index (χ2v) is 8.14. The van der Waals surface area contributed by atoms with Crippen molar-refractivity contribution in [2.75, 3.05) is 6.54 Å². The third kappa shape index (κ3) is 6.26. The predicted octanol–water partition coefficient (Wildman–Crippen LogP) is 5.98. The second-order valence-electron chi connectivity index (χ2n) is 7.70. The number of likely N-dealkylation sites (tertiary alicyclic amines) is 1. The van der Waals surface area contributed by atoms with Gasteiger partial charge in [-0.05, 0) is 60.4 Å². The monoisotopic (exact) mass is 465 g/mol. The average molecular weight is 466 g/mol. The van der Waals surface area contributed by atoms with Crippen LogP contribution in [0.2, 0.25) is 5.02 Å². The zero-order chi connectivity index (χ0) is 23.0. The minimum absolute atomic E-state index is 0.0684. The number of hydrogen-bond acceptors (Lipinski definition) is 5. The van der Waals surface area contributed by atoms with E-state index in [2.05, 4.69) is 0 Å². The van der Waals surface area contributed by atoms with Gasteiger partial charge in [-0.25, -0.2) is 9.59 Å². The van der Waals surface area contributed by atoms with Crippen molar-refractivity contribution in [2.24, 2.45) is 0 Å². The van der Waals surface area contributed by atoms with Gasteiger partial charge in [0.1, 0.15) is 30.8 Å². The highest BCUT2D eigenvalue weighted by Crippen LogP contribution is 2.25. The van der Waals surface area contributed by atoms with Crippen molar-refractivity contribution in [3.63, 3.8) is 0 Å². The Hall–Kier alpha value is -3.51. The van der Waals surface area contributed by atoms with Gasteiger partial charge in [0.2, 0.25) is 0 Å². The number of amides is 1. The molecule has 1 unspecified atom stereocenters. The van der Waals surface area contributed by atoms with Crippen molar-refractivity contribution < 1.29 is 23.8 Å². The Bertz CT molecular complexity index is 1090. The molecule has 1 saturated heterocycles. The van der Waals surface area contributed by atoms with Crippen LogP contribution in [0.3, 0.4) is 0 Å². The largest absolute Gasteiger partial charge is 0.459 e. The minimum atomic E-state index is -0.624. The van der Waals surface area contributed by atoms with Gasteiger partial charge in [-0.3, -0.25) is 4.90 Å². The molecule has 0 saturated carbocycles. The third-order valence-corrected chi connectivity index (χ3v) is 5.55. The van der Waals surface area contributed by atoms with Crippen molar-refractivity contribution in [1.82, 2.24) is 4.90 Å². The molecule has 1 fully saturated rings. The number of esters is 1. The fourth-order valence-corrected chi connectivity index (χ4v) is 3.75. The summed E-state index contributed by atoms with van der Waals surface area (Å²) in [6.07, 6.45) is 0.760. The normalized spacial score (nSPS) is 15.2. The van der Waals surface area contributed by atoms with Gasteiger partial charge in [-0.15, -0.1) is 0 Å². The summed E-state index contributed by atoms with van der Waals surface area (Å²) in [4.78, 5) is 26.7. The quantitative estimate of drug-likeness (QED) is 0.402. The summed E-state index contributed by atoms with van der Waals surface area (Å²) in [6, 6.07) is 23.2. The topological polar surface area (TPSA) is 65.1 Å². The molecular weight excluding hydrogens is 442 g/mol. The maximum atomic E-state index is 12.7. The molecule has 1 heterocycles. The summed E-state index contributed by atoms with van der Waals surface area (Å²) < 4.78 is 16.7. The van der Waals surface area contributed by atoms with E-state index < -0.39 is 18.1 Å². The molecule has 1 aliphatic heterocycles. The zero-order valence-corrected chi connectivity index (χ0v) is 18.7. The van der Waals surface area contributed by atoms with Gasteiger partial charge in [-0.2, -0.15) is 0 Å². The summed E-state index contributed by atoms with van der Waals surface area (Å²) >= 11 is 5.90. The van der Waals surface area contributed by atoms with Crippen molar-refractivity contribution >= 4 is 23.7 Å². The summed E-state index contributed by atoms with van der Waals surface area (Å²) in [7, 11) is 0. The Morgan fingerprint density at radius 1 is 0.848 bits per heavy atom. The molecular formula is C26H24ClNO5. The Labute approximate surface area is 197 Å². The number of benzene rings is 3. The lowest BCUT2D eigenvalue weighted by atomic mass is 10.2. The first kappa shape index (κ1) is 22.7. The molecule has 0 radical (unpaired) electrons. The molecule has 1 atom stereocenters. The fraction of sp³-hybridized carbons (Fsp3) is 0.231. The van der Waals surface area contributed by atoms with E-state index >= 15 is 0 Å². The van der Waals surface area contributed by atoms with E-state index in [4.69, 9.17) is 25.8 Å².